The Labute approximate surface area is 123 Å². The fourth-order valence-corrected chi connectivity index (χ4v) is 2.62. The van der Waals surface area contributed by atoms with E-state index in [1.165, 1.54) is 0 Å². The number of carbonyl (C=O) groups is 1. The number of nitrogens with one attached hydrogen (secondary N) is 1. The zero-order valence-electron chi connectivity index (χ0n) is 11.9. The molecule has 21 heavy (non-hydrogen) atoms. The fraction of sp³-hybridized carbons (Fsp3) is 0.375. The Morgan fingerprint density at radius 3 is 2.90 bits per heavy atom. The Morgan fingerprint density at radius 2 is 2.19 bits per heavy atom. The quantitative estimate of drug-likeness (QED) is 0.898. The summed E-state index contributed by atoms with van der Waals surface area (Å²) >= 11 is 0. The van der Waals surface area contributed by atoms with Gasteiger partial charge in [0.25, 0.3) is 5.91 Å². The zero-order chi connectivity index (χ0) is 14.8. The summed E-state index contributed by atoms with van der Waals surface area (Å²) in [5.74, 6) is 0.802. The number of hydrogen-bond acceptors (Lipinski definition) is 4. The second kappa shape index (κ2) is 5.69. The molecule has 0 spiro atoms. The summed E-state index contributed by atoms with van der Waals surface area (Å²) < 4.78 is 5.34. The summed E-state index contributed by atoms with van der Waals surface area (Å²) in [7, 11) is 1.58. The Balaban J connectivity index is 1.77. The lowest BCUT2D eigenvalue weighted by atomic mass is 9.82. The second-order valence-corrected chi connectivity index (χ2v) is 5.43. The van der Waals surface area contributed by atoms with Crippen LogP contribution in [-0.2, 0) is 0 Å². The van der Waals surface area contributed by atoms with Gasteiger partial charge in [-0.3, -0.25) is 4.79 Å². The van der Waals surface area contributed by atoms with Crippen molar-refractivity contribution >= 4 is 16.8 Å². The van der Waals surface area contributed by atoms with Crippen LogP contribution in [0, 0.1) is 5.92 Å². The predicted molar refractivity (Wildman–Crippen MR) is 79.4 cm³/mol. The fourth-order valence-electron chi connectivity index (χ4n) is 2.62. The molecule has 2 N–H and O–H groups in total. The topological polar surface area (TPSA) is 71.5 Å². The van der Waals surface area contributed by atoms with Gasteiger partial charge in [-0.15, -0.1) is 0 Å². The van der Waals surface area contributed by atoms with Crippen molar-refractivity contribution in [1.82, 2.24) is 10.3 Å². The molecule has 0 radical (unpaired) electrons. The number of nitrogens with zero attached hydrogens (tertiary/aromatic N) is 1. The monoisotopic (exact) mass is 286 g/mol. The number of rotatable bonds is 4. The number of para-hydroxylation sites is 1. The minimum absolute atomic E-state index is 0.203. The molecule has 110 valence electrons. The molecule has 5 heteroatoms. The highest BCUT2D eigenvalue weighted by Gasteiger charge is 2.27. The van der Waals surface area contributed by atoms with Crippen molar-refractivity contribution in [3.05, 3.63) is 36.0 Å². The number of aliphatic hydroxyl groups excluding tert-OH is 1. The Hall–Kier alpha value is -2.14. The summed E-state index contributed by atoms with van der Waals surface area (Å²) in [4.78, 5) is 16.6. The van der Waals surface area contributed by atoms with E-state index >= 15 is 0 Å². The normalized spacial score (nSPS) is 20.9. The zero-order valence-corrected chi connectivity index (χ0v) is 11.9. The molecule has 1 fully saturated rings. The average molecular weight is 286 g/mol. The van der Waals surface area contributed by atoms with Crippen LogP contribution in [0.15, 0.2) is 30.3 Å². The molecular weight excluding hydrogens is 268 g/mol. The van der Waals surface area contributed by atoms with Crippen LogP contribution in [0.1, 0.15) is 23.3 Å². The number of aliphatic hydroxyl groups is 1. The van der Waals surface area contributed by atoms with E-state index in [2.05, 4.69) is 10.3 Å². The largest absolute Gasteiger partial charge is 0.496 e. The average Bonchev–Trinajstić information content (AvgIpc) is 2.48. The number of carbonyl (C=O) groups excluding carboxylic acids is 1. The van der Waals surface area contributed by atoms with Crippen LogP contribution in [0.5, 0.6) is 5.75 Å². The van der Waals surface area contributed by atoms with Crippen LogP contribution in [0.3, 0.4) is 0 Å². The van der Waals surface area contributed by atoms with Gasteiger partial charge in [0.2, 0.25) is 0 Å². The molecule has 1 heterocycles. The van der Waals surface area contributed by atoms with Gasteiger partial charge in [-0.05, 0) is 30.9 Å². The Bertz CT molecular complexity index is 666. The third-order valence-electron chi connectivity index (χ3n) is 3.89. The van der Waals surface area contributed by atoms with Gasteiger partial charge in [0.05, 0.1) is 18.7 Å². The van der Waals surface area contributed by atoms with Gasteiger partial charge in [-0.2, -0.15) is 0 Å². The van der Waals surface area contributed by atoms with E-state index in [1.54, 1.807) is 13.2 Å². The number of amides is 1. The van der Waals surface area contributed by atoms with Crippen LogP contribution in [0.2, 0.25) is 0 Å². The Morgan fingerprint density at radius 1 is 1.43 bits per heavy atom. The van der Waals surface area contributed by atoms with Gasteiger partial charge in [0, 0.05) is 18.0 Å². The van der Waals surface area contributed by atoms with Crippen molar-refractivity contribution < 1.29 is 14.6 Å². The highest BCUT2D eigenvalue weighted by molar-refractivity contribution is 5.97. The maximum atomic E-state index is 12.2. The van der Waals surface area contributed by atoms with E-state index in [-0.39, 0.29) is 12.0 Å². The number of methoxy groups -OCH3 is 1. The molecule has 1 aliphatic rings. The summed E-state index contributed by atoms with van der Waals surface area (Å²) in [6.07, 6.45) is 1.31. The SMILES string of the molecule is COc1cc(C(=O)NCC2CC(O)C2)nc2ccccc12. The van der Waals surface area contributed by atoms with Crippen LogP contribution >= 0.6 is 0 Å². The highest BCUT2D eigenvalue weighted by atomic mass is 16.5. The van der Waals surface area contributed by atoms with Gasteiger partial charge in [-0.1, -0.05) is 12.1 Å². The third kappa shape index (κ3) is 2.83. The lowest BCUT2D eigenvalue weighted by molar-refractivity contribution is 0.0420. The van der Waals surface area contributed by atoms with Crippen LogP contribution in [0.25, 0.3) is 10.9 Å². The van der Waals surface area contributed by atoms with Gasteiger partial charge < -0.3 is 15.2 Å². The summed E-state index contributed by atoms with van der Waals surface area (Å²) in [5.41, 5.74) is 1.09. The molecule has 0 aliphatic heterocycles. The number of aromatic nitrogens is 1. The molecule has 1 aromatic carbocycles. The van der Waals surface area contributed by atoms with Crippen LogP contribution < -0.4 is 10.1 Å². The highest BCUT2D eigenvalue weighted by Crippen LogP contribution is 2.27. The lowest BCUT2D eigenvalue weighted by Gasteiger charge is -2.31. The maximum absolute atomic E-state index is 12.2. The van der Waals surface area contributed by atoms with E-state index in [0.717, 1.165) is 23.7 Å². The van der Waals surface area contributed by atoms with Gasteiger partial charge >= 0.3 is 0 Å². The van der Waals surface area contributed by atoms with E-state index in [1.807, 2.05) is 24.3 Å². The van der Waals surface area contributed by atoms with Crippen molar-refractivity contribution in [3.8, 4) is 5.75 Å². The van der Waals surface area contributed by atoms with Gasteiger partial charge in [0.15, 0.2) is 0 Å². The number of fused-ring (bicyclic) bond motifs is 1. The first kappa shape index (κ1) is 13.8. The molecule has 1 aromatic heterocycles. The first-order valence-electron chi connectivity index (χ1n) is 7.07. The van der Waals surface area contributed by atoms with Crippen molar-refractivity contribution in [3.63, 3.8) is 0 Å². The Kier molecular flexibility index (Phi) is 3.75. The van der Waals surface area contributed by atoms with Crippen molar-refractivity contribution in [1.29, 1.82) is 0 Å². The van der Waals surface area contributed by atoms with Crippen molar-refractivity contribution in [2.75, 3.05) is 13.7 Å². The van der Waals surface area contributed by atoms with E-state index in [0.29, 0.717) is 23.9 Å². The van der Waals surface area contributed by atoms with Gasteiger partial charge in [-0.25, -0.2) is 4.98 Å². The molecule has 1 amide bonds. The minimum atomic E-state index is -0.208. The lowest BCUT2D eigenvalue weighted by Crippen LogP contribution is -2.38. The molecule has 3 rings (SSSR count). The number of hydrogen-bond donors (Lipinski definition) is 2. The van der Waals surface area contributed by atoms with E-state index in [4.69, 9.17) is 4.74 Å². The van der Waals surface area contributed by atoms with Crippen LogP contribution in [-0.4, -0.2) is 35.8 Å². The van der Waals surface area contributed by atoms with Gasteiger partial charge in [0.1, 0.15) is 11.4 Å². The van der Waals surface area contributed by atoms with E-state index < -0.39 is 0 Å². The second-order valence-electron chi connectivity index (χ2n) is 5.43. The predicted octanol–water partition coefficient (Wildman–Crippen LogP) is 1.74. The molecule has 0 atom stereocenters. The minimum Gasteiger partial charge on any atom is -0.496 e. The first-order valence-corrected chi connectivity index (χ1v) is 7.07. The molecule has 0 saturated heterocycles. The number of pyridine rings is 1. The molecule has 1 aliphatic carbocycles. The molecule has 0 unspecified atom stereocenters. The summed E-state index contributed by atoms with van der Waals surface area (Å²) in [5, 5.41) is 13.0. The third-order valence-corrected chi connectivity index (χ3v) is 3.89. The van der Waals surface area contributed by atoms with Crippen molar-refractivity contribution in [2.45, 2.75) is 18.9 Å². The number of ether oxygens (including phenoxy) is 1. The molecular formula is C16H18N2O3. The summed E-state index contributed by atoms with van der Waals surface area (Å²) in [6.45, 7) is 0.576. The molecule has 1 saturated carbocycles. The van der Waals surface area contributed by atoms with Crippen molar-refractivity contribution in [2.24, 2.45) is 5.92 Å². The molecule has 0 bridgehead atoms. The smallest absolute Gasteiger partial charge is 0.270 e. The molecule has 2 aromatic rings. The van der Waals surface area contributed by atoms with Crippen LogP contribution in [0.4, 0.5) is 0 Å². The molecule has 5 nitrogen and oxygen atoms in total. The standard InChI is InChI=1S/C16H18N2O3/c1-21-15-8-14(18-13-5-3-2-4-12(13)15)16(20)17-9-10-6-11(19)7-10/h2-5,8,10-11,19H,6-7,9H2,1H3,(H,17,20). The number of benzene rings is 1. The van der Waals surface area contributed by atoms with E-state index in [9.17, 15) is 9.90 Å². The summed E-state index contributed by atoms with van der Waals surface area (Å²) in [6, 6.07) is 9.23. The first-order chi connectivity index (χ1) is 10.2. The maximum Gasteiger partial charge on any atom is 0.270 e.